The quantitative estimate of drug-likeness (QED) is 0.602. The van der Waals surface area contributed by atoms with Crippen LogP contribution in [0.3, 0.4) is 0 Å². The van der Waals surface area contributed by atoms with Crippen LogP contribution in [0.2, 0.25) is 0 Å². The fraction of sp³-hybridized carbons (Fsp3) is 0.875. The Hall–Kier alpha value is -0.570. The van der Waals surface area contributed by atoms with Gasteiger partial charge in [0.05, 0.1) is 0 Å². The second-order valence-corrected chi connectivity index (χ2v) is 2.53. The molecule has 11 heavy (non-hydrogen) atoms. The Bertz CT molecular complexity index is 119. The van der Waals surface area contributed by atoms with Crippen molar-refractivity contribution in [2.45, 2.75) is 20.8 Å². The van der Waals surface area contributed by atoms with Gasteiger partial charge in [-0.05, 0) is 6.54 Å². The van der Waals surface area contributed by atoms with Crippen molar-refractivity contribution < 1.29 is 4.79 Å². The zero-order chi connectivity index (χ0) is 8.85. The SMILES string of the molecule is CC.CC(=O)N1CC(CN)C1. The van der Waals surface area contributed by atoms with Gasteiger partial charge in [0.15, 0.2) is 0 Å². The molecule has 0 aromatic carbocycles. The number of carbonyl (C=O) groups is 1. The van der Waals surface area contributed by atoms with E-state index in [4.69, 9.17) is 5.73 Å². The predicted octanol–water partition coefficient (Wildman–Crippen LogP) is 0.450. The van der Waals surface area contributed by atoms with Gasteiger partial charge in [-0.1, -0.05) is 13.8 Å². The normalized spacial score (nSPS) is 16.5. The summed E-state index contributed by atoms with van der Waals surface area (Å²) in [6, 6.07) is 0. The van der Waals surface area contributed by atoms with Crippen LogP contribution >= 0.6 is 0 Å². The van der Waals surface area contributed by atoms with Gasteiger partial charge in [-0.3, -0.25) is 4.79 Å². The molecule has 1 aliphatic heterocycles. The van der Waals surface area contributed by atoms with E-state index in [1.165, 1.54) is 0 Å². The third-order valence-corrected chi connectivity index (χ3v) is 1.74. The van der Waals surface area contributed by atoms with E-state index >= 15 is 0 Å². The minimum Gasteiger partial charge on any atom is -0.342 e. The van der Waals surface area contributed by atoms with Crippen molar-refractivity contribution >= 4 is 5.91 Å². The summed E-state index contributed by atoms with van der Waals surface area (Å²) in [4.78, 5) is 12.4. The van der Waals surface area contributed by atoms with Gasteiger partial charge in [-0.25, -0.2) is 0 Å². The lowest BCUT2D eigenvalue weighted by molar-refractivity contribution is -0.134. The van der Waals surface area contributed by atoms with E-state index in [9.17, 15) is 4.79 Å². The van der Waals surface area contributed by atoms with Gasteiger partial charge in [-0.2, -0.15) is 0 Å². The van der Waals surface area contributed by atoms with E-state index in [1.807, 2.05) is 13.8 Å². The van der Waals surface area contributed by atoms with Gasteiger partial charge in [-0.15, -0.1) is 0 Å². The van der Waals surface area contributed by atoms with Crippen molar-refractivity contribution in [2.75, 3.05) is 19.6 Å². The molecule has 1 amide bonds. The summed E-state index contributed by atoms with van der Waals surface area (Å²) in [5.41, 5.74) is 5.36. The lowest BCUT2D eigenvalue weighted by Crippen LogP contribution is -2.51. The van der Waals surface area contributed by atoms with Crippen LogP contribution < -0.4 is 5.73 Å². The first-order chi connectivity index (χ1) is 5.24. The van der Waals surface area contributed by atoms with Crippen molar-refractivity contribution in [3.63, 3.8) is 0 Å². The molecule has 1 heterocycles. The summed E-state index contributed by atoms with van der Waals surface area (Å²) in [6.07, 6.45) is 0. The smallest absolute Gasteiger partial charge is 0.219 e. The highest BCUT2D eigenvalue weighted by atomic mass is 16.2. The minimum absolute atomic E-state index is 0.166. The fourth-order valence-corrected chi connectivity index (χ4v) is 0.976. The zero-order valence-electron chi connectivity index (χ0n) is 7.63. The number of nitrogens with zero attached hydrogens (tertiary/aromatic N) is 1. The molecule has 0 spiro atoms. The highest BCUT2D eigenvalue weighted by molar-refractivity contribution is 5.74. The number of carbonyl (C=O) groups excluding carboxylic acids is 1. The second-order valence-electron chi connectivity index (χ2n) is 2.53. The molecule has 3 nitrogen and oxygen atoms in total. The van der Waals surface area contributed by atoms with Crippen molar-refractivity contribution in [2.24, 2.45) is 11.7 Å². The first kappa shape index (κ1) is 10.4. The molecule has 0 radical (unpaired) electrons. The molecule has 0 aliphatic carbocycles. The van der Waals surface area contributed by atoms with Crippen molar-refractivity contribution in [1.82, 2.24) is 4.90 Å². The average Bonchev–Trinajstić information content (AvgIpc) is 1.89. The summed E-state index contributed by atoms with van der Waals surface area (Å²) in [7, 11) is 0. The Kier molecular flexibility index (Phi) is 4.86. The maximum atomic E-state index is 10.6. The molecule has 0 atom stereocenters. The molecule has 0 saturated carbocycles. The lowest BCUT2D eigenvalue weighted by atomic mass is 10.0. The van der Waals surface area contributed by atoms with E-state index < -0.39 is 0 Å². The Labute approximate surface area is 68.6 Å². The predicted molar refractivity (Wildman–Crippen MR) is 46.1 cm³/mol. The molecule has 1 fully saturated rings. The van der Waals surface area contributed by atoms with Crippen LogP contribution in [0.1, 0.15) is 20.8 Å². The van der Waals surface area contributed by atoms with Crippen LogP contribution in [0.4, 0.5) is 0 Å². The number of hydrogen-bond acceptors (Lipinski definition) is 2. The van der Waals surface area contributed by atoms with Crippen LogP contribution in [0.5, 0.6) is 0 Å². The second kappa shape index (κ2) is 5.13. The third-order valence-electron chi connectivity index (χ3n) is 1.74. The number of nitrogens with two attached hydrogens (primary N) is 1. The van der Waals surface area contributed by atoms with Gasteiger partial charge in [0.1, 0.15) is 0 Å². The first-order valence-corrected chi connectivity index (χ1v) is 4.19. The lowest BCUT2D eigenvalue weighted by Gasteiger charge is -2.37. The van der Waals surface area contributed by atoms with Crippen LogP contribution in [0.25, 0.3) is 0 Å². The van der Waals surface area contributed by atoms with E-state index in [0.29, 0.717) is 12.5 Å². The summed E-state index contributed by atoms with van der Waals surface area (Å²) in [5.74, 6) is 0.730. The average molecular weight is 158 g/mol. The van der Waals surface area contributed by atoms with Crippen molar-refractivity contribution in [3.05, 3.63) is 0 Å². The topological polar surface area (TPSA) is 46.3 Å². The fourth-order valence-electron chi connectivity index (χ4n) is 0.976. The van der Waals surface area contributed by atoms with Gasteiger partial charge in [0.2, 0.25) is 5.91 Å². The highest BCUT2D eigenvalue weighted by Crippen LogP contribution is 2.12. The van der Waals surface area contributed by atoms with E-state index in [-0.39, 0.29) is 5.91 Å². The number of amides is 1. The Morgan fingerprint density at radius 3 is 2.27 bits per heavy atom. The van der Waals surface area contributed by atoms with E-state index in [1.54, 1.807) is 11.8 Å². The maximum absolute atomic E-state index is 10.6. The molecule has 1 aliphatic rings. The van der Waals surface area contributed by atoms with Gasteiger partial charge in [0, 0.05) is 25.9 Å². The van der Waals surface area contributed by atoms with E-state index in [2.05, 4.69) is 0 Å². The first-order valence-electron chi connectivity index (χ1n) is 4.19. The molecule has 0 unspecified atom stereocenters. The van der Waals surface area contributed by atoms with Crippen LogP contribution in [0, 0.1) is 5.92 Å². The molecule has 1 saturated heterocycles. The van der Waals surface area contributed by atoms with Crippen molar-refractivity contribution in [1.29, 1.82) is 0 Å². The molecule has 66 valence electrons. The van der Waals surface area contributed by atoms with Gasteiger partial charge < -0.3 is 10.6 Å². The largest absolute Gasteiger partial charge is 0.342 e. The molecular formula is C8H18N2O. The molecule has 1 rings (SSSR count). The third kappa shape index (κ3) is 2.89. The summed E-state index contributed by atoms with van der Waals surface area (Å²) >= 11 is 0. The minimum atomic E-state index is 0.166. The maximum Gasteiger partial charge on any atom is 0.219 e. The summed E-state index contributed by atoms with van der Waals surface area (Å²) < 4.78 is 0. The molecule has 3 heteroatoms. The van der Waals surface area contributed by atoms with Crippen LogP contribution in [0.15, 0.2) is 0 Å². The van der Waals surface area contributed by atoms with Crippen LogP contribution in [-0.4, -0.2) is 30.4 Å². The molecule has 0 aromatic rings. The monoisotopic (exact) mass is 158 g/mol. The van der Waals surface area contributed by atoms with Gasteiger partial charge in [0.25, 0.3) is 0 Å². The van der Waals surface area contributed by atoms with E-state index in [0.717, 1.165) is 13.1 Å². The summed E-state index contributed by atoms with van der Waals surface area (Å²) in [5, 5.41) is 0. The zero-order valence-corrected chi connectivity index (χ0v) is 7.63. The van der Waals surface area contributed by atoms with Gasteiger partial charge >= 0.3 is 0 Å². The molecule has 2 N–H and O–H groups in total. The summed E-state index contributed by atoms with van der Waals surface area (Å²) in [6.45, 7) is 8.04. The van der Waals surface area contributed by atoms with Crippen LogP contribution in [-0.2, 0) is 4.79 Å². The molecular weight excluding hydrogens is 140 g/mol. The number of hydrogen-bond donors (Lipinski definition) is 1. The molecule has 0 aromatic heterocycles. The number of rotatable bonds is 1. The highest BCUT2D eigenvalue weighted by Gasteiger charge is 2.26. The standard InChI is InChI=1S/C6H12N2O.C2H6/c1-5(9)8-3-6(2-7)4-8;1-2/h6H,2-4,7H2,1H3;1-2H3. The Morgan fingerprint density at radius 1 is 1.55 bits per heavy atom. The Balaban J connectivity index is 0.000000461. The molecule has 0 bridgehead atoms. The van der Waals surface area contributed by atoms with Crippen molar-refractivity contribution in [3.8, 4) is 0 Å². The Morgan fingerprint density at radius 2 is 2.00 bits per heavy atom. The number of likely N-dealkylation sites (tertiary alicyclic amines) is 1.